The van der Waals surface area contributed by atoms with E-state index in [1.165, 1.54) is 0 Å². The lowest BCUT2D eigenvalue weighted by atomic mass is 10.3. The number of amides is 1. The van der Waals surface area contributed by atoms with Crippen molar-refractivity contribution in [3.8, 4) is 0 Å². The number of halogens is 2. The Kier molecular flexibility index (Phi) is 3.55. The summed E-state index contributed by atoms with van der Waals surface area (Å²) in [6.45, 7) is 2.42. The SMILES string of the molecule is Cc1nc2ccccc2n1CCNC(=O)C(F)F. The molecule has 2 aromatic rings. The smallest absolute Gasteiger partial charge is 0.315 e. The van der Waals surface area contributed by atoms with E-state index in [1.54, 1.807) is 0 Å². The van der Waals surface area contributed by atoms with Crippen molar-refractivity contribution in [1.29, 1.82) is 0 Å². The Morgan fingerprint density at radius 3 is 2.89 bits per heavy atom. The molecule has 0 spiro atoms. The highest BCUT2D eigenvalue weighted by Gasteiger charge is 2.14. The first-order chi connectivity index (χ1) is 8.59. The molecule has 2 rings (SSSR count). The molecule has 0 fully saturated rings. The summed E-state index contributed by atoms with van der Waals surface area (Å²) in [7, 11) is 0. The van der Waals surface area contributed by atoms with Crippen LogP contribution < -0.4 is 5.32 Å². The quantitative estimate of drug-likeness (QED) is 0.902. The van der Waals surface area contributed by atoms with Gasteiger partial charge in [-0.05, 0) is 19.1 Å². The van der Waals surface area contributed by atoms with Crippen LogP contribution in [-0.4, -0.2) is 28.4 Å². The number of alkyl halides is 2. The predicted octanol–water partition coefficient (Wildman–Crippen LogP) is 1.73. The van der Waals surface area contributed by atoms with Gasteiger partial charge in [-0.25, -0.2) is 4.98 Å². The number of aromatic nitrogens is 2. The lowest BCUT2D eigenvalue weighted by Crippen LogP contribution is -2.32. The van der Waals surface area contributed by atoms with Crippen molar-refractivity contribution in [2.75, 3.05) is 6.54 Å². The Morgan fingerprint density at radius 2 is 2.17 bits per heavy atom. The monoisotopic (exact) mass is 253 g/mol. The van der Waals surface area contributed by atoms with Gasteiger partial charge >= 0.3 is 6.43 Å². The van der Waals surface area contributed by atoms with E-state index in [2.05, 4.69) is 10.3 Å². The second-order valence-electron chi connectivity index (χ2n) is 3.89. The molecule has 96 valence electrons. The number of benzene rings is 1. The minimum atomic E-state index is -2.97. The zero-order valence-electron chi connectivity index (χ0n) is 9.86. The fourth-order valence-corrected chi connectivity index (χ4v) is 1.85. The molecule has 18 heavy (non-hydrogen) atoms. The molecule has 0 aliphatic rings. The molecule has 0 saturated heterocycles. The van der Waals surface area contributed by atoms with Gasteiger partial charge in [0, 0.05) is 13.1 Å². The summed E-state index contributed by atoms with van der Waals surface area (Å²) in [5.74, 6) is -0.445. The van der Waals surface area contributed by atoms with Gasteiger partial charge in [-0.3, -0.25) is 4.79 Å². The highest BCUT2D eigenvalue weighted by Crippen LogP contribution is 2.14. The van der Waals surface area contributed by atoms with Crippen molar-refractivity contribution in [3.63, 3.8) is 0 Å². The fourth-order valence-electron chi connectivity index (χ4n) is 1.85. The van der Waals surface area contributed by atoms with Crippen molar-refractivity contribution in [2.24, 2.45) is 0 Å². The van der Waals surface area contributed by atoms with Crippen LogP contribution in [0.3, 0.4) is 0 Å². The largest absolute Gasteiger partial charge is 0.349 e. The molecule has 1 N–H and O–H groups in total. The second-order valence-corrected chi connectivity index (χ2v) is 3.89. The molecule has 1 amide bonds. The van der Waals surface area contributed by atoms with E-state index < -0.39 is 12.3 Å². The van der Waals surface area contributed by atoms with Gasteiger partial charge in [0.15, 0.2) is 0 Å². The summed E-state index contributed by atoms with van der Waals surface area (Å²) < 4.78 is 25.9. The Balaban J connectivity index is 2.08. The molecule has 0 radical (unpaired) electrons. The zero-order chi connectivity index (χ0) is 13.1. The molecule has 0 unspecified atom stereocenters. The van der Waals surface area contributed by atoms with Gasteiger partial charge in [0.1, 0.15) is 5.82 Å². The summed E-state index contributed by atoms with van der Waals surface area (Å²) in [4.78, 5) is 15.1. The van der Waals surface area contributed by atoms with Gasteiger partial charge in [0.05, 0.1) is 11.0 Å². The molecule has 1 aromatic heterocycles. The Morgan fingerprint density at radius 1 is 1.44 bits per heavy atom. The average Bonchev–Trinajstić information content (AvgIpc) is 2.65. The minimum absolute atomic E-state index is 0.157. The average molecular weight is 253 g/mol. The molecule has 0 aliphatic carbocycles. The summed E-state index contributed by atoms with van der Waals surface area (Å²) in [6, 6.07) is 7.57. The molecule has 0 aliphatic heterocycles. The van der Waals surface area contributed by atoms with Crippen molar-refractivity contribution in [2.45, 2.75) is 19.9 Å². The predicted molar refractivity (Wildman–Crippen MR) is 63.5 cm³/mol. The number of carbonyl (C=O) groups is 1. The van der Waals surface area contributed by atoms with Gasteiger partial charge in [-0.2, -0.15) is 8.78 Å². The minimum Gasteiger partial charge on any atom is -0.349 e. The number of hydrogen-bond acceptors (Lipinski definition) is 2. The number of fused-ring (bicyclic) bond motifs is 1. The van der Waals surface area contributed by atoms with Crippen LogP contribution in [0.15, 0.2) is 24.3 Å². The Labute approximate surface area is 103 Å². The van der Waals surface area contributed by atoms with Crippen LogP contribution in [0.2, 0.25) is 0 Å². The topological polar surface area (TPSA) is 46.9 Å². The molecular weight excluding hydrogens is 240 g/mol. The van der Waals surface area contributed by atoms with Crippen LogP contribution in [0.4, 0.5) is 8.78 Å². The van der Waals surface area contributed by atoms with E-state index in [0.717, 1.165) is 16.9 Å². The van der Waals surface area contributed by atoms with Gasteiger partial charge in [-0.15, -0.1) is 0 Å². The van der Waals surface area contributed by atoms with Gasteiger partial charge in [-0.1, -0.05) is 12.1 Å². The first-order valence-electron chi connectivity index (χ1n) is 5.57. The first-order valence-corrected chi connectivity index (χ1v) is 5.57. The Hall–Kier alpha value is -1.98. The summed E-state index contributed by atoms with van der Waals surface area (Å²) in [5.41, 5.74) is 1.79. The Bertz CT molecular complexity index is 565. The number of hydrogen-bond donors (Lipinski definition) is 1. The van der Waals surface area contributed by atoms with Gasteiger partial charge in [0.25, 0.3) is 5.91 Å². The highest BCUT2D eigenvalue weighted by molar-refractivity contribution is 5.79. The maximum Gasteiger partial charge on any atom is 0.315 e. The lowest BCUT2D eigenvalue weighted by molar-refractivity contribution is -0.131. The molecule has 6 heteroatoms. The van der Waals surface area contributed by atoms with E-state index in [4.69, 9.17) is 0 Å². The van der Waals surface area contributed by atoms with E-state index in [-0.39, 0.29) is 6.54 Å². The summed E-state index contributed by atoms with van der Waals surface area (Å²) >= 11 is 0. The maximum atomic E-state index is 12.0. The maximum absolute atomic E-state index is 12.0. The third-order valence-electron chi connectivity index (χ3n) is 2.68. The van der Waals surface area contributed by atoms with Crippen LogP contribution in [0.1, 0.15) is 5.82 Å². The first kappa shape index (κ1) is 12.5. The number of nitrogens with zero attached hydrogens (tertiary/aromatic N) is 2. The van der Waals surface area contributed by atoms with Crippen molar-refractivity contribution in [1.82, 2.24) is 14.9 Å². The third kappa shape index (κ3) is 2.47. The number of imidazole rings is 1. The molecule has 0 atom stereocenters. The van der Waals surface area contributed by atoms with Crippen molar-refractivity contribution >= 4 is 16.9 Å². The fraction of sp³-hybridized carbons (Fsp3) is 0.333. The molecule has 1 heterocycles. The molecule has 1 aromatic carbocycles. The zero-order valence-corrected chi connectivity index (χ0v) is 9.86. The van der Waals surface area contributed by atoms with E-state index in [9.17, 15) is 13.6 Å². The summed E-state index contributed by atoms with van der Waals surface area (Å²) in [6.07, 6.45) is -2.97. The standard InChI is InChI=1S/C12H13F2N3O/c1-8-16-9-4-2-3-5-10(9)17(8)7-6-15-12(18)11(13)14/h2-5,11H,6-7H2,1H3,(H,15,18). The van der Waals surface area contributed by atoms with Crippen molar-refractivity contribution < 1.29 is 13.6 Å². The molecule has 4 nitrogen and oxygen atoms in total. The highest BCUT2D eigenvalue weighted by atomic mass is 19.3. The van der Waals surface area contributed by atoms with Crippen LogP contribution in [0.25, 0.3) is 11.0 Å². The van der Waals surface area contributed by atoms with Crippen LogP contribution >= 0.6 is 0 Å². The second kappa shape index (κ2) is 5.12. The molecule has 0 saturated carbocycles. The number of nitrogens with one attached hydrogen (secondary N) is 1. The van der Waals surface area contributed by atoms with Crippen molar-refractivity contribution in [3.05, 3.63) is 30.1 Å². The van der Waals surface area contributed by atoms with Gasteiger partial charge < -0.3 is 9.88 Å². The van der Waals surface area contributed by atoms with Crippen LogP contribution in [-0.2, 0) is 11.3 Å². The molecule has 0 bridgehead atoms. The van der Waals surface area contributed by atoms with Crippen LogP contribution in [0, 0.1) is 6.92 Å². The number of rotatable bonds is 4. The van der Waals surface area contributed by atoms with Gasteiger partial charge in [0.2, 0.25) is 0 Å². The third-order valence-corrected chi connectivity index (χ3v) is 2.68. The number of carbonyl (C=O) groups excluding carboxylic acids is 1. The normalized spacial score (nSPS) is 11.1. The number of aryl methyl sites for hydroxylation is 1. The number of para-hydroxylation sites is 2. The van der Waals surface area contributed by atoms with E-state index >= 15 is 0 Å². The van der Waals surface area contributed by atoms with Crippen LogP contribution in [0.5, 0.6) is 0 Å². The lowest BCUT2D eigenvalue weighted by Gasteiger charge is -2.08. The summed E-state index contributed by atoms with van der Waals surface area (Å²) in [5, 5.41) is 2.17. The van der Waals surface area contributed by atoms with E-state index in [0.29, 0.717) is 6.54 Å². The van der Waals surface area contributed by atoms with E-state index in [1.807, 2.05) is 35.8 Å². The molecular formula is C12H13F2N3O.